The maximum atomic E-state index is 11.2. The van der Waals surface area contributed by atoms with Crippen molar-refractivity contribution in [2.24, 2.45) is 0 Å². The summed E-state index contributed by atoms with van der Waals surface area (Å²) in [4.78, 5) is 32.3. The Morgan fingerprint density at radius 3 is 2.41 bits per heavy atom. The quantitative estimate of drug-likeness (QED) is 0.481. The van der Waals surface area contributed by atoms with Gasteiger partial charge in [-0.3, -0.25) is 9.59 Å². The maximum Gasteiger partial charge on any atom is 0.337 e. The number of carbonyl (C=O) groups excluding carboxylic acids is 3. The topological polar surface area (TPSA) is 72.5 Å². The van der Waals surface area contributed by atoms with Crippen LogP contribution in [0.3, 0.4) is 0 Å². The maximum absolute atomic E-state index is 11.2. The number of allylic oxidation sites excluding steroid dienone is 1. The van der Waals surface area contributed by atoms with Crippen LogP contribution in [-0.2, 0) is 14.3 Å². The smallest absolute Gasteiger partial charge is 0.337 e. The number of amides is 1. The normalized spacial score (nSPS) is 9.94. The van der Waals surface area contributed by atoms with Gasteiger partial charge in [-0.2, -0.15) is 0 Å². The summed E-state index contributed by atoms with van der Waals surface area (Å²) in [5, 5.41) is 2.52. The van der Waals surface area contributed by atoms with Crippen LogP contribution in [0.1, 0.15) is 10.4 Å². The minimum Gasteiger partial charge on any atom is -0.465 e. The summed E-state index contributed by atoms with van der Waals surface area (Å²) in [5.41, 5.74) is 0.923. The lowest BCUT2D eigenvalue weighted by Crippen LogP contribution is -2.08. The Morgan fingerprint density at radius 2 is 1.88 bits per heavy atom. The lowest BCUT2D eigenvalue weighted by atomic mass is 10.2. The van der Waals surface area contributed by atoms with Crippen LogP contribution in [0.15, 0.2) is 36.4 Å². The van der Waals surface area contributed by atoms with E-state index in [1.807, 2.05) is 0 Å². The van der Waals surface area contributed by atoms with E-state index in [0.717, 1.165) is 12.2 Å². The highest BCUT2D eigenvalue weighted by Crippen LogP contribution is 2.10. The van der Waals surface area contributed by atoms with E-state index >= 15 is 0 Å². The lowest BCUT2D eigenvalue weighted by Gasteiger charge is -2.03. The van der Waals surface area contributed by atoms with Gasteiger partial charge in [0.25, 0.3) is 0 Å². The summed E-state index contributed by atoms with van der Waals surface area (Å²) < 4.78 is 4.53. The molecule has 0 saturated heterocycles. The Hall–Kier alpha value is -2.43. The second-order valence-electron chi connectivity index (χ2n) is 3.05. The second-order valence-corrected chi connectivity index (χ2v) is 3.05. The molecular weight excluding hydrogens is 222 g/mol. The highest BCUT2D eigenvalue weighted by molar-refractivity contribution is 6.01. The van der Waals surface area contributed by atoms with Crippen molar-refractivity contribution < 1.29 is 19.1 Å². The van der Waals surface area contributed by atoms with Gasteiger partial charge in [0.05, 0.1) is 12.7 Å². The third-order valence-corrected chi connectivity index (χ3v) is 1.90. The first kappa shape index (κ1) is 12.6. The Kier molecular flexibility index (Phi) is 4.62. The van der Waals surface area contributed by atoms with E-state index in [0.29, 0.717) is 17.5 Å². The average Bonchev–Trinajstić information content (AvgIpc) is 2.36. The minimum absolute atomic E-state index is 0.397. The van der Waals surface area contributed by atoms with Crippen molar-refractivity contribution in [3.63, 3.8) is 0 Å². The summed E-state index contributed by atoms with van der Waals surface area (Å²) in [6.45, 7) is 0. The standard InChI is InChI=1S/C12H11NO4/c1-17-12(16)9-4-6-10(7-5-9)13-11(15)3-2-8-14/h2-8H,1H3,(H,13,15)/b3-2-. The highest BCUT2D eigenvalue weighted by Gasteiger charge is 2.04. The van der Waals surface area contributed by atoms with Crippen molar-refractivity contribution in [2.45, 2.75) is 0 Å². The molecule has 1 N–H and O–H groups in total. The number of aldehydes is 1. The molecule has 1 amide bonds. The highest BCUT2D eigenvalue weighted by atomic mass is 16.5. The summed E-state index contributed by atoms with van der Waals surface area (Å²) in [7, 11) is 1.29. The molecule has 17 heavy (non-hydrogen) atoms. The molecule has 0 aliphatic heterocycles. The zero-order chi connectivity index (χ0) is 12.7. The molecule has 1 rings (SSSR count). The number of carbonyl (C=O) groups is 3. The number of hydrogen-bond donors (Lipinski definition) is 1. The number of methoxy groups -OCH3 is 1. The van der Waals surface area contributed by atoms with Gasteiger partial charge in [0.15, 0.2) is 0 Å². The molecule has 0 saturated carbocycles. The number of nitrogens with one attached hydrogen (secondary N) is 1. The zero-order valence-corrected chi connectivity index (χ0v) is 9.17. The first-order valence-electron chi connectivity index (χ1n) is 4.78. The molecule has 0 fully saturated rings. The van der Waals surface area contributed by atoms with Crippen molar-refractivity contribution in [1.29, 1.82) is 0 Å². The van der Waals surface area contributed by atoms with Gasteiger partial charge in [-0.25, -0.2) is 4.79 Å². The molecule has 5 nitrogen and oxygen atoms in total. The predicted molar refractivity (Wildman–Crippen MR) is 61.6 cm³/mol. The Bertz CT molecular complexity index is 448. The number of benzene rings is 1. The Labute approximate surface area is 98.1 Å². The summed E-state index contributed by atoms with van der Waals surface area (Å²) in [5.74, 6) is -0.855. The van der Waals surface area contributed by atoms with Gasteiger partial charge < -0.3 is 10.1 Å². The molecule has 0 unspecified atom stereocenters. The van der Waals surface area contributed by atoms with E-state index in [-0.39, 0.29) is 0 Å². The number of anilines is 1. The van der Waals surface area contributed by atoms with Crippen molar-refractivity contribution in [3.8, 4) is 0 Å². The van der Waals surface area contributed by atoms with Gasteiger partial charge >= 0.3 is 5.97 Å². The van der Waals surface area contributed by atoms with E-state index in [1.54, 1.807) is 12.1 Å². The van der Waals surface area contributed by atoms with Gasteiger partial charge in [0.1, 0.15) is 6.29 Å². The second kappa shape index (κ2) is 6.22. The van der Waals surface area contributed by atoms with Gasteiger partial charge in [-0.15, -0.1) is 0 Å². The molecule has 0 aliphatic carbocycles. The largest absolute Gasteiger partial charge is 0.465 e. The molecule has 5 heteroatoms. The minimum atomic E-state index is -0.441. The van der Waals surface area contributed by atoms with E-state index in [2.05, 4.69) is 10.1 Å². The first-order chi connectivity index (χ1) is 8.17. The van der Waals surface area contributed by atoms with E-state index in [4.69, 9.17) is 0 Å². The van der Waals surface area contributed by atoms with E-state index < -0.39 is 11.9 Å². The third kappa shape index (κ3) is 3.90. The van der Waals surface area contributed by atoms with Crippen molar-refractivity contribution in [3.05, 3.63) is 42.0 Å². The number of rotatable bonds is 4. The zero-order valence-electron chi connectivity index (χ0n) is 9.17. The molecule has 0 aliphatic rings. The Balaban J connectivity index is 2.68. The molecule has 0 atom stereocenters. The number of esters is 1. The van der Waals surface area contributed by atoms with E-state index in [1.165, 1.54) is 19.2 Å². The first-order valence-corrected chi connectivity index (χ1v) is 4.78. The third-order valence-electron chi connectivity index (χ3n) is 1.90. The van der Waals surface area contributed by atoms with E-state index in [9.17, 15) is 14.4 Å². The molecule has 1 aromatic carbocycles. The van der Waals surface area contributed by atoms with Crippen LogP contribution in [0, 0.1) is 0 Å². The lowest BCUT2D eigenvalue weighted by molar-refractivity contribution is -0.112. The fourth-order valence-electron chi connectivity index (χ4n) is 1.12. The monoisotopic (exact) mass is 233 g/mol. The molecule has 0 spiro atoms. The van der Waals surface area contributed by atoms with Crippen LogP contribution >= 0.6 is 0 Å². The predicted octanol–water partition coefficient (Wildman–Crippen LogP) is 1.17. The number of hydrogen-bond acceptors (Lipinski definition) is 4. The fraction of sp³-hybridized carbons (Fsp3) is 0.0833. The molecule has 88 valence electrons. The summed E-state index contributed by atoms with van der Waals surface area (Å²) >= 11 is 0. The summed E-state index contributed by atoms with van der Waals surface area (Å²) in [6.07, 6.45) is 2.72. The van der Waals surface area contributed by atoms with Gasteiger partial charge in [0.2, 0.25) is 5.91 Å². The van der Waals surface area contributed by atoms with Crippen molar-refractivity contribution >= 4 is 23.9 Å². The number of ether oxygens (including phenoxy) is 1. The molecular formula is C12H11NO4. The van der Waals surface area contributed by atoms with Crippen LogP contribution in [0.4, 0.5) is 5.69 Å². The fourth-order valence-corrected chi connectivity index (χ4v) is 1.12. The SMILES string of the molecule is COC(=O)c1ccc(NC(=O)/C=C\C=O)cc1. The van der Waals surface area contributed by atoms with Gasteiger partial charge in [-0.1, -0.05) is 0 Å². The van der Waals surface area contributed by atoms with Crippen LogP contribution in [0.2, 0.25) is 0 Å². The van der Waals surface area contributed by atoms with Crippen LogP contribution < -0.4 is 5.32 Å². The summed E-state index contributed by atoms with van der Waals surface area (Å²) in [6, 6.07) is 6.20. The molecule has 0 aromatic heterocycles. The molecule has 0 bridgehead atoms. The van der Waals surface area contributed by atoms with Crippen molar-refractivity contribution in [1.82, 2.24) is 0 Å². The average molecular weight is 233 g/mol. The molecule has 0 heterocycles. The van der Waals surface area contributed by atoms with Crippen LogP contribution in [0.5, 0.6) is 0 Å². The van der Waals surface area contributed by atoms with Gasteiger partial charge in [0, 0.05) is 11.8 Å². The van der Waals surface area contributed by atoms with Crippen LogP contribution in [-0.4, -0.2) is 25.3 Å². The molecule has 1 aromatic rings. The van der Waals surface area contributed by atoms with Gasteiger partial charge in [-0.05, 0) is 30.3 Å². The van der Waals surface area contributed by atoms with Crippen molar-refractivity contribution in [2.75, 3.05) is 12.4 Å². The Morgan fingerprint density at radius 1 is 1.24 bits per heavy atom. The molecule has 0 radical (unpaired) electrons. The van der Waals surface area contributed by atoms with Crippen LogP contribution in [0.25, 0.3) is 0 Å².